The molecule has 3 aliphatic rings. The molecule has 0 unspecified atom stereocenters. The van der Waals surface area contributed by atoms with Crippen molar-refractivity contribution in [3.05, 3.63) is 0 Å². The minimum absolute atomic E-state index is 0.599. The summed E-state index contributed by atoms with van der Waals surface area (Å²) in [6, 6.07) is 2.21. The molecule has 0 radical (unpaired) electrons. The monoisotopic (exact) mass is 323 g/mol. The fourth-order valence-corrected chi connectivity index (χ4v) is 4.98. The van der Waals surface area contributed by atoms with E-state index >= 15 is 0 Å². The first-order valence-electron chi connectivity index (χ1n) is 9.96. The summed E-state index contributed by atoms with van der Waals surface area (Å²) in [5, 5.41) is 0. The summed E-state index contributed by atoms with van der Waals surface area (Å²) in [7, 11) is 1.86. The van der Waals surface area contributed by atoms with Crippen molar-refractivity contribution >= 4 is 0 Å². The largest absolute Gasteiger partial charge is 0.383 e. The summed E-state index contributed by atoms with van der Waals surface area (Å²) in [5.41, 5.74) is 0. The van der Waals surface area contributed by atoms with E-state index in [0.29, 0.717) is 6.04 Å². The third-order valence-electron chi connectivity index (χ3n) is 6.68. The second-order valence-corrected chi connectivity index (χ2v) is 7.93. The van der Waals surface area contributed by atoms with Gasteiger partial charge in [-0.1, -0.05) is 20.3 Å². The Bertz CT molecular complexity index is 351. The molecule has 0 spiro atoms. The van der Waals surface area contributed by atoms with Crippen molar-refractivity contribution < 1.29 is 4.74 Å². The van der Waals surface area contributed by atoms with Crippen LogP contribution in [0, 0.1) is 5.92 Å². The summed E-state index contributed by atoms with van der Waals surface area (Å²) >= 11 is 0. The van der Waals surface area contributed by atoms with Crippen LogP contribution in [0.5, 0.6) is 0 Å². The zero-order valence-corrected chi connectivity index (χ0v) is 15.5. The molecule has 2 saturated heterocycles. The predicted octanol–water partition coefficient (Wildman–Crippen LogP) is 2.29. The molecule has 0 bridgehead atoms. The Labute approximate surface area is 143 Å². The molecule has 0 aromatic heterocycles. The fraction of sp³-hybridized carbons (Fsp3) is 1.00. The van der Waals surface area contributed by atoms with Gasteiger partial charge in [-0.25, -0.2) is 0 Å². The first kappa shape index (κ1) is 17.7. The van der Waals surface area contributed by atoms with E-state index in [2.05, 4.69) is 28.5 Å². The second-order valence-electron chi connectivity index (χ2n) is 7.93. The van der Waals surface area contributed by atoms with Gasteiger partial charge in [-0.2, -0.15) is 0 Å². The molecule has 0 amide bonds. The molecule has 2 heterocycles. The Morgan fingerprint density at radius 2 is 1.65 bits per heavy atom. The minimum atomic E-state index is 0.599. The van der Waals surface area contributed by atoms with Gasteiger partial charge < -0.3 is 9.64 Å². The number of hydrogen-bond donors (Lipinski definition) is 0. The lowest BCUT2D eigenvalue weighted by atomic mass is 9.83. The highest BCUT2D eigenvalue weighted by molar-refractivity contribution is 4.95. The van der Waals surface area contributed by atoms with Gasteiger partial charge in [0.15, 0.2) is 0 Å². The molecule has 4 nitrogen and oxygen atoms in total. The molecule has 3 rings (SSSR count). The van der Waals surface area contributed by atoms with Crippen LogP contribution in [0.3, 0.4) is 0 Å². The molecule has 4 heteroatoms. The van der Waals surface area contributed by atoms with E-state index in [0.717, 1.165) is 24.6 Å². The number of nitrogens with zero attached hydrogens (tertiary/aromatic N) is 3. The number of likely N-dealkylation sites (tertiary alicyclic amines) is 1. The van der Waals surface area contributed by atoms with Gasteiger partial charge in [-0.3, -0.25) is 9.80 Å². The summed E-state index contributed by atoms with van der Waals surface area (Å²) in [5.74, 6) is 0.998. The van der Waals surface area contributed by atoms with Crippen LogP contribution in [0.4, 0.5) is 0 Å². The van der Waals surface area contributed by atoms with E-state index in [1.165, 1.54) is 71.4 Å². The SMILES string of the molecule is CCC1CCC(N2CCN(C3CN(CC)C3)[C@H](COC)C2)CC1. The summed E-state index contributed by atoms with van der Waals surface area (Å²) in [6.45, 7) is 13.0. The van der Waals surface area contributed by atoms with Crippen molar-refractivity contribution in [2.45, 2.75) is 64.1 Å². The smallest absolute Gasteiger partial charge is 0.0630 e. The molecule has 2 aliphatic heterocycles. The highest BCUT2D eigenvalue weighted by atomic mass is 16.5. The molecular weight excluding hydrogens is 286 g/mol. The Morgan fingerprint density at radius 3 is 2.26 bits per heavy atom. The van der Waals surface area contributed by atoms with Crippen molar-refractivity contribution in [2.24, 2.45) is 5.92 Å². The molecule has 23 heavy (non-hydrogen) atoms. The Kier molecular flexibility index (Phi) is 6.36. The third-order valence-corrected chi connectivity index (χ3v) is 6.68. The number of piperazine rings is 1. The van der Waals surface area contributed by atoms with Crippen molar-refractivity contribution in [1.29, 1.82) is 0 Å². The average Bonchev–Trinajstić information content (AvgIpc) is 2.55. The Balaban J connectivity index is 1.52. The quantitative estimate of drug-likeness (QED) is 0.746. The van der Waals surface area contributed by atoms with Gasteiger partial charge in [0.1, 0.15) is 0 Å². The molecule has 1 atom stereocenters. The summed E-state index contributed by atoms with van der Waals surface area (Å²) < 4.78 is 5.57. The van der Waals surface area contributed by atoms with Crippen LogP contribution in [0.15, 0.2) is 0 Å². The van der Waals surface area contributed by atoms with Crippen LogP contribution >= 0.6 is 0 Å². The maximum atomic E-state index is 5.57. The van der Waals surface area contributed by atoms with E-state index in [4.69, 9.17) is 4.74 Å². The summed E-state index contributed by atoms with van der Waals surface area (Å²) in [4.78, 5) is 8.10. The Morgan fingerprint density at radius 1 is 0.913 bits per heavy atom. The van der Waals surface area contributed by atoms with Gasteiger partial charge >= 0.3 is 0 Å². The van der Waals surface area contributed by atoms with Crippen LogP contribution in [0.1, 0.15) is 46.0 Å². The van der Waals surface area contributed by atoms with Gasteiger partial charge in [-0.15, -0.1) is 0 Å². The molecule has 0 aromatic carbocycles. The zero-order valence-electron chi connectivity index (χ0n) is 15.5. The first-order valence-corrected chi connectivity index (χ1v) is 9.96. The van der Waals surface area contributed by atoms with Crippen molar-refractivity contribution in [1.82, 2.24) is 14.7 Å². The molecule has 0 N–H and O–H groups in total. The lowest BCUT2D eigenvalue weighted by Gasteiger charge is -2.53. The highest BCUT2D eigenvalue weighted by Crippen LogP contribution is 2.31. The first-order chi connectivity index (χ1) is 11.2. The maximum Gasteiger partial charge on any atom is 0.0630 e. The molecule has 1 aliphatic carbocycles. The lowest BCUT2D eigenvalue weighted by Crippen LogP contribution is -2.67. The fourth-order valence-electron chi connectivity index (χ4n) is 4.98. The zero-order chi connectivity index (χ0) is 16.2. The van der Waals surface area contributed by atoms with Crippen LogP contribution in [0.25, 0.3) is 0 Å². The van der Waals surface area contributed by atoms with Crippen LogP contribution in [0.2, 0.25) is 0 Å². The molecule has 1 saturated carbocycles. The van der Waals surface area contributed by atoms with Gasteiger partial charge in [0.05, 0.1) is 6.61 Å². The number of hydrogen-bond acceptors (Lipinski definition) is 4. The van der Waals surface area contributed by atoms with E-state index in [1.807, 2.05) is 7.11 Å². The Hall–Kier alpha value is -0.160. The topological polar surface area (TPSA) is 19.0 Å². The van der Waals surface area contributed by atoms with Crippen molar-refractivity contribution in [2.75, 3.05) is 53.0 Å². The normalized spacial score (nSPS) is 35.3. The molecular formula is C19H37N3O. The van der Waals surface area contributed by atoms with Crippen LogP contribution < -0.4 is 0 Å². The van der Waals surface area contributed by atoms with Gasteiger partial charge in [0.2, 0.25) is 0 Å². The number of rotatable bonds is 6. The third kappa shape index (κ3) is 4.09. The molecule has 3 fully saturated rings. The van der Waals surface area contributed by atoms with Gasteiger partial charge in [-0.05, 0) is 38.1 Å². The van der Waals surface area contributed by atoms with Crippen LogP contribution in [-0.4, -0.2) is 85.8 Å². The molecule has 134 valence electrons. The van der Waals surface area contributed by atoms with Crippen LogP contribution in [-0.2, 0) is 4.74 Å². The standard InChI is InChI=1S/C19H37N3O/c1-4-16-6-8-17(9-7-16)21-10-11-22(19(14-21)15-23-3)18-12-20(5-2)13-18/h16-19H,4-15H2,1-3H3/t16?,17?,19-/m0/s1. The van der Waals surface area contributed by atoms with Gasteiger partial charge in [0, 0.05) is 58.0 Å². The summed E-state index contributed by atoms with van der Waals surface area (Å²) in [6.07, 6.45) is 7.12. The van der Waals surface area contributed by atoms with Crippen molar-refractivity contribution in [3.63, 3.8) is 0 Å². The average molecular weight is 324 g/mol. The minimum Gasteiger partial charge on any atom is -0.383 e. The van der Waals surface area contributed by atoms with Gasteiger partial charge in [0.25, 0.3) is 0 Å². The number of ether oxygens (including phenoxy) is 1. The predicted molar refractivity (Wildman–Crippen MR) is 95.9 cm³/mol. The molecule has 0 aromatic rings. The highest BCUT2D eigenvalue weighted by Gasteiger charge is 2.39. The van der Waals surface area contributed by atoms with E-state index in [1.54, 1.807) is 0 Å². The van der Waals surface area contributed by atoms with Crippen molar-refractivity contribution in [3.8, 4) is 0 Å². The maximum absolute atomic E-state index is 5.57. The number of likely N-dealkylation sites (N-methyl/N-ethyl adjacent to an activating group) is 1. The van der Waals surface area contributed by atoms with E-state index in [9.17, 15) is 0 Å². The van der Waals surface area contributed by atoms with E-state index in [-0.39, 0.29) is 0 Å². The van der Waals surface area contributed by atoms with E-state index < -0.39 is 0 Å². The second kappa shape index (κ2) is 8.28. The number of methoxy groups -OCH3 is 1. The lowest BCUT2D eigenvalue weighted by molar-refractivity contribution is -0.0597.